The van der Waals surface area contributed by atoms with Crippen LogP contribution >= 0.6 is 0 Å². The Labute approximate surface area is 91.8 Å². The Morgan fingerprint density at radius 2 is 2.00 bits per heavy atom. The van der Waals surface area contributed by atoms with Crippen molar-refractivity contribution in [3.05, 3.63) is 36.0 Å². The lowest BCUT2D eigenvalue weighted by molar-refractivity contribution is 0.151. The molecule has 0 radical (unpaired) electrons. The predicted octanol–water partition coefficient (Wildman–Crippen LogP) is 2.73. The molecule has 0 bridgehead atoms. The van der Waals surface area contributed by atoms with E-state index in [-0.39, 0.29) is 5.56 Å². The van der Waals surface area contributed by atoms with Crippen molar-refractivity contribution in [2.45, 2.75) is 13.3 Å². The zero-order valence-corrected chi connectivity index (χ0v) is 8.98. The summed E-state index contributed by atoms with van der Waals surface area (Å²) in [7, 11) is 1.84. The maximum atomic E-state index is 12.5. The summed E-state index contributed by atoms with van der Waals surface area (Å²) in [5.41, 5.74) is 1.37. The third kappa shape index (κ3) is 1.80. The standard InChI is InChI=1S/C11H11F2N3/c1-7-15-6-10(16(7)2)8-3-9(11(12)13)5-14-4-8/h3-6,11H,1-2H3. The molecule has 0 amide bonds. The molecule has 0 atom stereocenters. The molecule has 0 aliphatic carbocycles. The lowest BCUT2D eigenvalue weighted by Gasteiger charge is -2.05. The van der Waals surface area contributed by atoms with Crippen LogP contribution < -0.4 is 0 Å². The maximum absolute atomic E-state index is 12.5. The molecule has 0 saturated carbocycles. The predicted molar refractivity (Wildman–Crippen MR) is 56.1 cm³/mol. The number of pyridine rings is 1. The van der Waals surface area contributed by atoms with Crippen LogP contribution in [-0.2, 0) is 7.05 Å². The molecule has 0 fully saturated rings. The SMILES string of the molecule is Cc1ncc(-c2cncc(C(F)F)c2)n1C. The molecule has 3 nitrogen and oxygen atoms in total. The molecular formula is C11H11F2N3. The Morgan fingerprint density at radius 1 is 1.25 bits per heavy atom. The van der Waals surface area contributed by atoms with Gasteiger partial charge in [-0.3, -0.25) is 4.98 Å². The van der Waals surface area contributed by atoms with Gasteiger partial charge in [0.1, 0.15) is 5.82 Å². The van der Waals surface area contributed by atoms with E-state index in [0.717, 1.165) is 11.5 Å². The van der Waals surface area contributed by atoms with Gasteiger partial charge in [0.15, 0.2) is 0 Å². The Morgan fingerprint density at radius 3 is 2.56 bits per heavy atom. The van der Waals surface area contributed by atoms with Crippen LogP contribution in [0, 0.1) is 6.92 Å². The smallest absolute Gasteiger partial charge is 0.265 e. The largest absolute Gasteiger partial charge is 0.331 e. The number of rotatable bonds is 2. The highest BCUT2D eigenvalue weighted by molar-refractivity contribution is 5.59. The van der Waals surface area contributed by atoms with Crippen LogP contribution in [0.1, 0.15) is 17.8 Å². The van der Waals surface area contributed by atoms with E-state index in [9.17, 15) is 8.78 Å². The number of alkyl halides is 2. The van der Waals surface area contributed by atoms with E-state index in [4.69, 9.17) is 0 Å². The second kappa shape index (κ2) is 4.00. The highest BCUT2D eigenvalue weighted by Gasteiger charge is 2.11. The monoisotopic (exact) mass is 223 g/mol. The molecule has 5 heteroatoms. The summed E-state index contributed by atoms with van der Waals surface area (Å²) in [6.45, 7) is 1.86. The van der Waals surface area contributed by atoms with Crippen LogP contribution in [0.25, 0.3) is 11.3 Å². The third-order valence-corrected chi connectivity index (χ3v) is 2.53. The van der Waals surface area contributed by atoms with E-state index >= 15 is 0 Å². The van der Waals surface area contributed by atoms with E-state index in [2.05, 4.69) is 9.97 Å². The lowest BCUT2D eigenvalue weighted by atomic mass is 10.1. The minimum atomic E-state index is -2.50. The number of imidazole rings is 1. The molecule has 0 aromatic carbocycles. The number of hydrogen-bond donors (Lipinski definition) is 0. The van der Waals surface area contributed by atoms with Gasteiger partial charge in [0.05, 0.1) is 11.9 Å². The molecular weight excluding hydrogens is 212 g/mol. The van der Waals surface area contributed by atoms with Crippen LogP contribution in [0.15, 0.2) is 24.7 Å². The molecule has 2 aromatic heterocycles. The van der Waals surface area contributed by atoms with Crippen molar-refractivity contribution in [2.24, 2.45) is 7.05 Å². The summed E-state index contributed by atoms with van der Waals surface area (Å²) in [4.78, 5) is 7.93. The zero-order valence-electron chi connectivity index (χ0n) is 8.98. The minimum absolute atomic E-state index is 0.0728. The van der Waals surface area contributed by atoms with Gasteiger partial charge in [0, 0.05) is 30.6 Å². The fraction of sp³-hybridized carbons (Fsp3) is 0.273. The van der Waals surface area contributed by atoms with Gasteiger partial charge >= 0.3 is 0 Å². The van der Waals surface area contributed by atoms with Gasteiger partial charge in [-0.2, -0.15) is 0 Å². The van der Waals surface area contributed by atoms with Gasteiger partial charge in [-0.25, -0.2) is 13.8 Å². The first-order valence-corrected chi connectivity index (χ1v) is 4.81. The van der Waals surface area contributed by atoms with Crippen molar-refractivity contribution in [1.29, 1.82) is 0 Å². The van der Waals surface area contributed by atoms with Gasteiger partial charge in [-0.05, 0) is 13.0 Å². The second-order valence-corrected chi connectivity index (χ2v) is 3.56. The van der Waals surface area contributed by atoms with Gasteiger partial charge in [0.25, 0.3) is 6.43 Å². The molecule has 2 aromatic rings. The molecule has 0 N–H and O–H groups in total. The molecule has 0 spiro atoms. The summed E-state index contributed by atoms with van der Waals surface area (Å²) < 4.78 is 26.9. The summed E-state index contributed by atoms with van der Waals surface area (Å²) in [6.07, 6.45) is 1.89. The Hall–Kier alpha value is -1.78. The normalized spacial score (nSPS) is 11.1. The van der Waals surface area contributed by atoms with Gasteiger partial charge in [-0.1, -0.05) is 0 Å². The van der Waals surface area contributed by atoms with E-state index in [0.29, 0.717) is 5.56 Å². The van der Waals surface area contributed by atoms with Crippen molar-refractivity contribution in [2.75, 3.05) is 0 Å². The lowest BCUT2D eigenvalue weighted by Crippen LogP contribution is -1.95. The molecule has 0 aliphatic heterocycles. The average molecular weight is 223 g/mol. The van der Waals surface area contributed by atoms with Crippen LogP contribution in [0.3, 0.4) is 0 Å². The molecule has 0 saturated heterocycles. The number of nitrogens with zero attached hydrogens (tertiary/aromatic N) is 3. The first kappa shape index (κ1) is 10.7. The van der Waals surface area contributed by atoms with Crippen molar-refractivity contribution in [3.8, 4) is 11.3 Å². The molecule has 0 unspecified atom stereocenters. The number of hydrogen-bond acceptors (Lipinski definition) is 2. The first-order valence-electron chi connectivity index (χ1n) is 4.81. The molecule has 2 heterocycles. The highest BCUT2D eigenvalue weighted by Crippen LogP contribution is 2.24. The molecule has 84 valence electrons. The molecule has 16 heavy (non-hydrogen) atoms. The van der Waals surface area contributed by atoms with Crippen LogP contribution in [0.2, 0.25) is 0 Å². The Balaban J connectivity index is 2.48. The first-order chi connectivity index (χ1) is 7.59. The fourth-order valence-corrected chi connectivity index (χ4v) is 1.49. The summed E-state index contributed by atoms with van der Waals surface area (Å²) >= 11 is 0. The van der Waals surface area contributed by atoms with E-state index in [1.54, 1.807) is 12.4 Å². The van der Waals surface area contributed by atoms with Crippen molar-refractivity contribution in [1.82, 2.24) is 14.5 Å². The maximum Gasteiger partial charge on any atom is 0.265 e. The minimum Gasteiger partial charge on any atom is -0.331 e. The fourth-order valence-electron chi connectivity index (χ4n) is 1.49. The van der Waals surface area contributed by atoms with Gasteiger partial charge < -0.3 is 4.57 Å². The molecule has 0 aliphatic rings. The topological polar surface area (TPSA) is 30.7 Å². The summed E-state index contributed by atoms with van der Waals surface area (Å²) in [5.74, 6) is 0.831. The Kier molecular flexibility index (Phi) is 2.68. The van der Waals surface area contributed by atoms with Crippen LogP contribution in [0.5, 0.6) is 0 Å². The zero-order chi connectivity index (χ0) is 11.7. The van der Waals surface area contributed by atoms with Crippen LogP contribution in [-0.4, -0.2) is 14.5 Å². The van der Waals surface area contributed by atoms with Crippen LogP contribution in [0.4, 0.5) is 8.78 Å². The van der Waals surface area contributed by atoms with Crippen molar-refractivity contribution < 1.29 is 8.78 Å². The number of halogens is 2. The highest BCUT2D eigenvalue weighted by atomic mass is 19.3. The van der Waals surface area contributed by atoms with Gasteiger partial charge in [0.2, 0.25) is 0 Å². The number of aryl methyl sites for hydroxylation is 1. The van der Waals surface area contributed by atoms with Crippen molar-refractivity contribution in [3.63, 3.8) is 0 Å². The van der Waals surface area contributed by atoms with Gasteiger partial charge in [-0.15, -0.1) is 0 Å². The average Bonchev–Trinajstić information content (AvgIpc) is 2.60. The van der Waals surface area contributed by atoms with E-state index in [1.807, 2.05) is 18.5 Å². The van der Waals surface area contributed by atoms with E-state index < -0.39 is 6.43 Å². The summed E-state index contributed by atoms with van der Waals surface area (Å²) in [5, 5.41) is 0. The Bertz CT molecular complexity index is 506. The van der Waals surface area contributed by atoms with Crippen molar-refractivity contribution >= 4 is 0 Å². The molecule has 2 rings (SSSR count). The second-order valence-electron chi connectivity index (χ2n) is 3.56. The third-order valence-electron chi connectivity index (χ3n) is 2.53. The summed E-state index contributed by atoms with van der Waals surface area (Å²) in [6, 6.07) is 1.44. The quantitative estimate of drug-likeness (QED) is 0.783. The number of aromatic nitrogens is 3. The van der Waals surface area contributed by atoms with E-state index in [1.165, 1.54) is 12.3 Å².